The summed E-state index contributed by atoms with van der Waals surface area (Å²) in [6, 6.07) is 16.0. The van der Waals surface area contributed by atoms with Crippen molar-refractivity contribution in [2.24, 2.45) is 0 Å². The predicted molar refractivity (Wildman–Crippen MR) is 110 cm³/mol. The molecule has 152 valence electrons. The lowest BCUT2D eigenvalue weighted by Crippen LogP contribution is -2.53. The fraction of sp³-hybridized carbons (Fsp3) is 0.391. The molecule has 0 spiro atoms. The zero-order valence-corrected chi connectivity index (χ0v) is 17.0. The minimum absolute atomic E-state index is 0.0507. The molecule has 1 amide bonds. The van der Waals surface area contributed by atoms with Gasteiger partial charge in [0.25, 0.3) is 0 Å². The molecule has 1 heterocycles. The highest BCUT2D eigenvalue weighted by Crippen LogP contribution is 2.14. The second-order valence-corrected chi connectivity index (χ2v) is 7.62. The van der Waals surface area contributed by atoms with Gasteiger partial charge >= 0.3 is 0 Å². The van der Waals surface area contributed by atoms with E-state index in [9.17, 15) is 9.18 Å². The van der Waals surface area contributed by atoms with Crippen LogP contribution >= 0.6 is 0 Å². The Labute approximate surface area is 171 Å². The van der Waals surface area contributed by atoms with Crippen LogP contribution in [0.3, 0.4) is 0 Å². The maximum atomic E-state index is 13.4. The van der Waals surface area contributed by atoms with Gasteiger partial charge in [0.2, 0.25) is 5.91 Å². The monoisotopic (exact) mass is 394 g/mol. The molecule has 0 aromatic heterocycles. The van der Waals surface area contributed by atoms with Crippen LogP contribution in [0.1, 0.15) is 23.6 Å². The fourth-order valence-corrected chi connectivity index (χ4v) is 3.71. The number of halogens is 1. The van der Waals surface area contributed by atoms with Gasteiger partial charge in [0.1, 0.15) is 5.82 Å². The van der Waals surface area contributed by atoms with E-state index in [1.807, 2.05) is 37.3 Å². The Bertz CT molecular complexity index is 869. The number of rotatable bonds is 6. The van der Waals surface area contributed by atoms with Crippen LogP contribution in [0, 0.1) is 17.1 Å². The van der Waals surface area contributed by atoms with Gasteiger partial charge in [-0.2, -0.15) is 5.26 Å². The Kier molecular flexibility index (Phi) is 6.97. The van der Waals surface area contributed by atoms with Crippen molar-refractivity contribution < 1.29 is 9.18 Å². The maximum Gasteiger partial charge on any atom is 0.239 e. The Balaban J connectivity index is 1.48. The van der Waals surface area contributed by atoms with E-state index in [0.717, 1.165) is 38.3 Å². The quantitative estimate of drug-likeness (QED) is 0.756. The number of carbonyl (C=O) groups is 1. The molecule has 0 bridgehead atoms. The Morgan fingerprint density at radius 3 is 2.45 bits per heavy atom. The lowest BCUT2D eigenvalue weighted by atomic mass is 10.1. The van der Waals surface area contributed by atoms with E-state index in [-0.39, 0.29) is 17.8 Å². The molecular formula is C23H27FN4O. The SMILES string of the molecule is C[C@@H](C(=O)N(C)Cc1cccc(F)c1)N1CCN(Cc2ccc(C#N)cc2)CC1. The zero-order chi connectivity index (χ0) is 20.8. The van der Waals surface area contributed by atoms with Crippen LogP contribution in [0.4, 0.5) is 4.39 Å². The second-order valence-electron chi connectivity index (χ2n) is 7.62. The summed E-state index contributed by atoms with van der Waals surface area (Å²) < 4.78 is 13.4. The number of piperazine rings is 1. The summed E-state index contributed by atoms with van der Waals surface area (Å²) in [5.74, 6) is -0.232. The van der Waals surface area contributed by atoms with Crippen LogP contribution in [-0.2, 0) is 17.9 Å². The number of hydrogen-bond acceptors (Lipinski definition) is 4. The molecule has 3 rings (SSSR count). The van der Waals surface area contributed by atoms with Crippen LogP contribution in [-0.4, -0.2) is 59.9 Å². The summed E-state index contributed by atoms with van der Waals surface area (Å²) in [6.45, 7) is 6.64. The van der Waals surface area contributed by atoms with Crippen molar-refractivity contribution in [1.29, 1.82) is 5.26 Å². The van der Waals surface area contributed by atoms with Gasteiger partial charge in [-0.15, -0.1) is 0 Å². The van der Waals surface area contributed by atoms with Gasteiger partial charge in [0.05, 0.1) is 17.7 Å². The van der Waals surface area contributed by atoms with Gasteiger partial charge in [-0.25, -0.2) is 4.39 Å². The van der Waals surface area contributed by atoms with Crippen molar-refractivity contribution in [1.82, 2.24) is 14.7 Å². The van der Waals surface area contributed by atoms with Crippen LogP contribution < -0.4 is 0 Å². The number of amides is 1. The molecule has 29 heavy (non-hydrogen) atoms. The summed E-state index contributed by atoms with van der Waals surface area (Å²) >= 11 is 0. The third-order valence-corrected chi connectivity index (χ3v) is 5.49. The number of hydrogen-bond donors (Lipinski definition) is 0. The molecule has 0 aliphatic carbocycles. The van der Waals surface area contributed by atoms with Crippen LogP contribution in [0.15, 0.2) is 48.5 Å². The topological polar surface area (TPSA) is 50.6 Å². The molecule has 5 nitrogen and oxygen atoms in total. The van der Waals surface area contributed by atoms with E-state index < -0.39 is 0 Å². The molecule has 0 N–H and O–H groups in total. The number of nitriles is 1. The van der Waals surface area contributed by atoms with Crippen molar-refractivity contribution in [3.05, 3.63) is 71.0 Å². The fourth-order valence-electron chi connectivity index (χ4n) is 3.71. The number of carbonyl (C=O) groups excluding carboxylic acids is 1. The Morgan fingerprint density at radius 1 is 1.14 bits per heavy atom. The molecule has 1 saturated heterocycles. The van der Waals surface area contributed by atoms with Gasteiger partial charge in [0.15, 0.2) is 0 Å². The van der Waals surface area contributed by atoms with E-state index in [0.29, 0.717) is 12.1 Å². The zero-order valence-electron chi connectivity index (χ0n) is 17.0. The highest BCUT2D eigenvalue weighted by atomic mass is 19.1. The first-order valence-corrected chi connectivity index (χ1v) is 9.91. The van der Waals surface area contributed by atoms with Gasteiger partial charge in [-0.3, -0.25) is 14.6 Å². The average molecular weight is 394 g/mol. The molecule has 1 fully saturated rings. The average Bonchev–Trinajstić information content (AvgIpc) is 2.74. The summed E-state index contributed by atoms with van der Waals surface area (Å²) in [6.07, 6.45) is 0. The molecule has 2 aromatic carbocycles. The van der Waals surface area contributed by atoms with E-state index in [1.54, 1.807) is 18.0 Å². The van der Waals surface area contributed by atoms with Crippen molar-refractivity contribution in [3.63, 3.8) is 0 Å². The first kappa shape index (κ1) is 21.0. The van der Waals surface area contributed by atoms with Crippen LogP contribution in [0.25, 0.3) is 0 Å². The van der Waals surface area contributed by atoms with Gasteiger partial charge in [0, 0.05) is 46.3 Å². The largest absolute Gasteiger partial charge is 0.340 e. The third kappa shape index (κ3) is 5.63. The van der Waals surface area contributed by atoms with E-state index in [4.69, 9.17) is 5.26 Å². The molecule has 0 saturated carbocycles. The lowest BCUT2D eigenvalue weighted by Gasteiger charge is -2.38. The first-order chi connectivity index (χ1) is 14.0. The van der Waals surface area contributed by atoms with E-state index in [2.05, 4.69) is 15.9 Å². The molecular weight excluding hydrogens is 367 g/mol. The Hall–Kier alpha value is -2.75. The third-order valence-electron chi connectivity index (χ3n) is 5.49. The first-order valence-electron chi connectivity index (χ1n) is 9.91. The number of nitrogens with zero attached hydrogens (tertiary/aromatic N) is 4. The van der Waals surface area contributed by atoms with Gasteiger partial charge in [-0.1, -0.05) is 24.3 Å². The van der Waals surface area contributed by atoms with E-state index in [1.165, 1.54) is 17.7 Å². The van der Waals surface area contributed by atoms with Gasteiger partial charge < -0.3 is 4.90 Å². The summed E-state index contributed by atoms with van der Waals surface area (Å²) in [7, 11) is 1.77. The molecule has 0 radical (unpaired) electrons. The summed E-state index contributed by atoms with van der Waals surface area (Å²) in [5, 5.41) is 8.90. The summed E-state index contributed by atoms with van der Waals surface area (Å²) in [4.78, 5) is 19.1. The Morgan fingerprint density at radius 2 is 1.83 bits per heavy atom. The minimum atomic E-state index is -0.283. The minimum Gasteiger partial charge on any atom is -0.340 e. The molecule has 1 aliphatic heterocycles. The normalized spacial score (nSPS) is 16.2. The summed E-state index contributed by atoms with van der Waals surface area (Å²) in [5.41, 5.74) is 2.66. The van der Waals surface area contributed by atoms with Crippen molar-refractivity contribution in [3.8, 4) is 6.07 Å². The highest BCUT2D eigenvalue weighted by Gasteiger charge is 2.27. The lowest BCUT2D eigenvalue weighted by molar-refractivity contribution is -0.136. The number of benzene rings is 2. The molecule has 1 aliphatic rings. The molecule has 1 atom stereocenters. The molecule has 2 aromatic rings. The van der Waals surface area contributed by atoms with Crippen molar-refractivity contribution in [2.45, 2.75) is 26.1 Å². The highest BCUT2D eigenvalue weighted by molar-refractivity contribution is 5.81. The van der Waals surface area contributed by atoms with Crippen molar-refractivity contribution >= 4 is 5.91 Å². The maximum absolute atomic E-state index is 13.4. The molecule has 6 heteroatoms. The van der Waals surface area contributed by atoms with Crippen molar-refractivity contribution in [2.75, 3.05) is 33.2 Å². The predicted octanol–water partition coefficient (Wildman–Crippen LogP) is 2.86. The smallest absolute Gasteiger partial charge is 0.239 e. The molecule has 0 unspecified atom stereocenters. The standard InChI is InChI=1S/C23H27FN4O/c1-18(23(29)26(2)16-21-4-3-5-22(24)14-21)28-12-10-27(11-13-28)17-20-8-6-19(15-25)7-9-20/h3-9,14,18H,10-13,16-17H2,1-2H3/t18-/m0/s1. The van der Waals surface area contributed by atoms with Gasteiger partial charge in [-0.05, 0) is 42.3 Å². The number of likely N-dealkylation sites (N-methyl/N-ethyl adjacent to an activating group) is 1. The van der Waals surface area contributed by atoms with E-state index >= 15 is 0 Å². The van der Waals surface area contributed by atoms with Crippen LogP contribution in [0.5, 0.6) is 0 Å². The van der Waals surface area contributed by atoms with Crippen LogP contribution in [0.2, 0.25) is 0 Å². The second kappa shape index (κ2) is 9.64.